The topological polar surface area (TPSA) is 100 Å². The highest BCUT2D eigenvalue weighted by molar-refractivity contribution is 6.37. The van der Waals surface area contributed by atoms with Gasteiger partial charge in [-0.3, -0.25) is 0 Å². The summed E-state index contributed by atoms with van der Waals surface area (Å²) in [5.41, 5.74) is 6.25. The molecule has 136 valence electrons. The van der Waals surface area contributed by atoms with Crippen molar-refractivity contribution in [2.45, 2.75) is 37.8 Å². The highest BCUT2D eigenvalue weighted by Gasteiger charge is 2.36. The van der Waals surface area contributed by atoms with Crippen LogP contribution in [-0.2, 0) is 12.1 Å². The van der Waals surface area contributed by atoms with E-state index in [2.05, 4.69) is 15.3 Å². The summed E-state index contributed by atoms with van der Waals surface area (Å²) in [5.74, 6) is 1.63. The number of rotatable bonds is 5. The molecular weight excluding hydrogens is 379 g/mol. The molecule has 1 aromatic carbocycles. The number of halogens is 2. The molecule has 3 aromatic rings. The van der Waals surface area contributed by atoms with Crippen molar-refractivity contribution in [1.29, 1.82) is 0 Å². The van der Waals surface area contributed by atoms with Crippen LogP contribution in [0.1, 0.15) is 37.3 Å². The third kappa shape index (κ3) is 3.30. The Bertz CT molecular complexity index is 898. The van der Waals surface area contributed by atoms with Gasteiger partial charge in [0.25, 0.3) is 5.89 Å². The van der Waals surface area contributed by atoms with Crippen molar-refractivity contribution in [3.63, 3.8) is 0 Å². The van der Waals surface area contributed by atoms with Crippen LogP contribution in [0, 0.1) is 0 Å². The molecule has 0 saturated heterocycles. The van der Waals surface area contributed by atoms with Gasteiger partial charge in [0.05, 0.1) is 15.6 Å². The molecule has 2 heterocycles. The lowest BCUT2D eigenvalue weighted by Crippen LogP contribution is -2.34. The molecule has 0 radical (unpaired) electrons. The number of hydrogen-bond acceptors (Lipinski definition) is 7. The monoisotopic (exact) mass is 394 g/mol. The zero-order chi connectivity index (χ0) is 18.1. The summed E-state index contributed by atoms with van der Waals surface area (Å²) in [6.45, 7) is 0.109. The van der Waals surface area contributed by atoms with Crippen LogP contribution in [0.4, 0.5) is 0 Å². The maximum absolute atomic E-state index is 6.34. The van der Waals surface area contributed by atoms with Gasteiger partial charge in [-0.1, -0.05) is 52.4 Å². The Hall–Kier alpha value is -2.09. The number of aromatic nitrogens is 3. The van der Waals surface area contributed by atoms with Gasteiger partial charge < -0.3 is 19.5 Å². The van der Waals surface area contributed by atoms with Crippen LogP contribution in [0.15, 0.2) is 33.3 Å². The molecule has 9 heteroatoms. The van der Waals surface area contributed by atoms with E-state index in [0.717, 1.165) is 25.7 Å². The van der Waals surface area contributed by atoms with Crippen molar-refractivity contribution >= 4 is 23.2 Å². The number of para-hydroxylation sites is 1. The summed E-state index contributed by atoms with van der Waals surface area (Å²) >= 11 is 12.1. The predicted octanol–water partition coefficient (Wildman–Crippen LogP) is 4.34. The zero-order valence-corrected chi connectivity index (χ0v) is 15.3. The van der Waals surface area contributed by atoms with E-state index in [4.69, 9.17) is 42.7 Å². The van der Waals surface area contributed by atoms with E-state index in [1.54, 1.807) is 24.3 Å². The van der Waals surface area contributed by atoms with Crippen molar-refractivity contribution in [3.8, 4) is 17.3 Å². The fourth-order valence-corrected chi connectivity index (χ4v) is 3.51. The Labute approximate surface area is 159 Å². The van der Waals surface area contributed by atoms with Gasteiger partial charge in [-0.25, -0.2) is 0 Å². The minimum atomic E-state index is -0.516. The van der Waals surface area contributed by atoms with E-state index in [9.17, 15) is 0 Å². The summed E-state index contributed by atoms with van der Waals surface area (Å²) in [4.78, 5) is 4.39. The summed E-state index contributed by atoms with van der Waals surface area (Å²) in [6.07, 6.45) is 3.83. The second-order valence-electron chi connectivity index (χ2n) is 6.30. The summed E-state index contributed by atoms with van der Waals surface area (Å²) in [7, 11) is 0. The van der Waals surface area contributed by atoms with Gasteiger partial charge in [-0.15, -0.1) is 0 Å². The first-order valence-electron chi connectivity index (χ1n) is 8.21. The lowest BCUT2D eigenvalue weighted by molar-refractivity contribution is 0.249. The number of nitrogens with two attached hydrogens (primary N) is 1. The highest BCUT2D eigenvalue weighted by Crippen LogP contribution is 2.36. The van der Waals surface area contributed by atoms with Gasteiger partial charge in [-0.05, 0) is 25.0 Å². The van der Waals surface area contributed by atoms with Gasteiger partial charge in [0.15, 0.2) is 23.0 Å². The molecule has 1 aliphatic rings. The van der Waals surface area contributed by atoms with E-state index in [0.29, 0.717) is 33.1 Å². The van der Waals surface area contributed by atoms with Gasteiger partial charge >= 0.3 is 0 Å². The fraction of sp³-hybridized carbons (Fsp3) is 0.353. The first-order chi connectivity index (χ1) is 12.5. The van der Waals surface area contributed by atoms with Crippen molar-refractivity contribution in [2.24, 2.45) is 5.73 Å². The van der Waals surface area contributed by atoms with Crippen LogP contribution >= 0.6 is 23.2 Å². The predicted molar refractivity (Wildman–Crippen MR) is 94.9 cm³/mol. The quantitative estimate of drug-likeness (QED) is 0.686. The number of hydrogen-bond donors (Lipinski definition) is 1. The summed E-state index contributed by atoms with van der Waals surface area (Å²) in [6, 6.07) is 6.80. The molecule has 0 spiro atoms. The van der Waals surface area contributed by atoms with Crippen LogP contribution in [0.5, 0.6) is 5.75 Å². The minimum Gasteiger partial charge on any atom is -0.482 e. The third-order valence-electron chi connectivity index (χ3n) is 4.42. The van der Waals surface area contributed by atoms with E-state index >= 15 is 0 Å². The van der Waals surface area contributed by atoms with Crippen LogP contribution in [0.3, 0.4) is 0 Å². The van der Waals surface area contributed by atoms with Gasteiger partial charge in [0.2, 0.25) is 0 Å². The molecule has 0 atom stereocenters. The molecule has 1 fully saturated rings. The SMILES string of the molecule is NC1(c2noc(-c3cc(COc4c(Cl)cccc4Cl)on3)n2)CCCC1. The lowest BCUT2D eigenvalue weighted by Gasteiger charge is -2.17. The van der Waals surface area contributed by atoms with Gasteiger partial charge in [0, 0.05) is 6.07 Å². The van der Waals surface area contributed by atoms with Crippen molar-refractivity contribution in [3.05, 3.63) is 45.9 Å². The third-order valence-corrected chi connectivity index (χ3v) is 5.02. The molecule has 0 aliphatic heterocycles. The number of nitrogens with zero attached hydrogens (tertiary/aromatic N) is 3. The van der Waals surface area contributed by atoms with Crippen LogP contribution in [0.2, 0.25) is 10.0 Å². The molecule has 7 nitrogen and oxygen atoms in total. The largest absolute Gasteiger partial charge is 0.482 e. The molecule has 2 aromatic heterocycles. The molecule has 1 saturated carbocycles. The number of ether oxygens (including phenoxy) is 1. The smallest absolute Gasteiger partial charge is 0.280 e. The lowest BCUT2D eigenvalue weighted by atomic mass is 9.99. The molecule has 0 unspecified atom stereocenters. The molecule has 0 bridgehead atoms. The second-order valence-corrected chi connectivity index (χ2v) is 7.12. The Morgan fingerprint density at radius 2 is 1.85 bits per heavy atom. The number of benzene rings is 1. The van der Waals surface area contributed by atoms with Crippen LogP contribution in [0.25, 0.3) is 11.6 Å². The Balaban J connectivity index is 1.47. The van der Waals surface area contributed by atoms with Gasteiger partial charge in [-0.2, -0.15) is 4.98 Å². The average molecular weight is 395 g/mol. The van der Waals surface area contributed by atoms with E-state index < -0.39 is 5.54 Å². The average Bonchev–Trinajstić information content (AvgIpc) is 3.34. The van der Waals surface area contributed by atoms with Crippen molar-refractivity contribution in [1.82, 2.24) is 15.3 Å². The standard InChI is InChI=1S/C17H16Cl2N4O3/c18-11-4-3-5-12(19)14(11)24-9-10-8-13(22-25-10)15-21-16(23-26-15)17(20)6-1-2-7-17/h3-5,8H,1-2,6-7,9,20H2. The minimum absolute atomic E-state index is 0.109. The zero-order valence-electron chi connectivity index (χ0n) is 13.7. The molecule has 1 aliphatic carbocycles. The summed E-state index contributed by atoms with van der Waals surface area (Å²) < 4.78 is 16.2. The summed E-state index contributed by atoms with van der Waals surface area (Å²) in [5, 5.41) is 8.80. The van der Waals surface area contributed by atoms with Crippen molar-refractivity contribution < 1.29 is 13.8 Å². The van der Waals surface area contributed by atoms with E-state index in [1.165, 1.54) is 0 Å². The molecule has 0 amide bonds. The Morgan fingerprint density at radius 3 is 2.58 bits per heavy atom. The fourth-order valence-electron chi connectivity index (χ4n) is 3.00. The highest BCUT2D eigenvalue weighted by atomic mass is 35.5. The van der Waals surface area contributed by atoms with E-state index in [-0.39, 0.29) is 12.5 Å². The van der Waals surface area contributed by atoms with Crippen LogP contribution in [-0.4, -0.2) is 15.3 Å². The van der Waals surface area contributed by atoms with Crippen molar-refractivity contribution in [2.75, 3.05) is 0 Å². The Kier molecular flexibility index (Phi) is 4.60. The van der Waals surface area contributed by atoms with Crippen LogP contribution < -0.4 is 10.5 Å². The molecule has 2 N–H and O–H groups in total. The maximum Gasteiger partial charge on any atom is 0.280 e. The second kappa shape index (κ2) is 6.90. The first kappa shape index (κ1) is 17.3. The molecule has 4 rings (SSSR count). The van der Waals surface area contributed by atoms with Gasteiger partial charge in [0.1, 0.15) is 6.61 Å². The molecule has 26 heavy (non-hydrogen) atoms. The maximum atomic E-state index is 6.34. The Morgan fingerprint density at radius 1 is 1.12 bits per heavy atom. The normalized spacial score (nSPS) is 16.1. The first-order valence-corrected chi connectivity index (χ1v) is 8.97. The van der Waals surface area contributed by atoms with E-state index in [1.807, 2.05) is 0 Å². The molecular formula is C17H16Cl2N4O3.